The number of aromatic nitrogens is 2. The highest BCUT2D eigenvalue weighted by Gasteiger charge is 2.11. The largest absolute Gasteiger partial charge is 0.480 e. The van der Waals surface area contributed by atoms with Gasteiger partial charge in [0.25, 0.3) is 10.0 Å². The number of carboxylic acids is 1. The van der Waals surface area contributed by atoms with Gasteiger partial charge in [-0.25, -0.2) is 8.42 Å². The predicted molar refractivity (Wildman–Crippen MR) is 69.4 cm³/mol. The number of nitrogens with zero attached hydrogens (tertiary/aromatic N) is 2. The van der Waals surface area contributed by atoms with Crippen LogP contribution in [0.4, 0.5) is 0 Å². The zero-order chi connectivity index (χ0) is 14.3. The maximum atomic E-state index is 11.5. The van der Waals surface area contributed by atoms with Crippen LogP contribution in [0.25, 0.3) is 0 Å². The molecule has 4 N–H and O–H groups in total. The molecule has 19 heavy (non-hydrogen) atoms. The van der Waals surface area contributed by atoms with Gasteiger partial charge in [0.2, 0.25) is 0 Å². The second-order valence-corrected chi connectivity index (χ2v) is 5.75. The quantitative estimate of drug-likeness (QED) is 0.553. The van der Waals surface area contributed by atoms with Gasteiger partial charge in [0.1, 0.15) is 6.04 Å². The first-order chi connectivity index (χ1) is 8.91. The van der Waals surface area contributed by atoms with E-state index in [0.717, 1.165) is 11.8 Å². The molecule has 0 spiro atoms. The number of carboxylic acid groups (broad SMARTS) is 1. The van der Waals surface area contributed by atoms with Crippen LogP contribution < -0.4 is 5.73 Å². The van der Waals surface area contributed by atoms with E-state index >= 15 is 0 Å². The van der Waals surface area contributed by atoms with E-state index in [4.69, 9.17) is 10.8 Å². The van der Waals surface area contributed by atoms with Gasteiger partial charge in [-0.2, -0.15) is 9.50 Å². The maximum Gasteiger partial charge on any atom is 0.320 e. The molecule has 0 saturated carbocycles. The summed E-state index contributed by atoms with van der Waals surface area (Å²) in [5.41, 5.74) is 6.14. The number of nitrogens with two attached hydrogens (primary N) is 1. The SMILES string of the molecule is N[C@@H](CC=NS(=O)(=O)CCCc1cn[nH]c1)C(=O)O. The molecule has 0 fully saturated rings. The molecule has 8 nitrogen and oxygen atoms in total. The molecule has 1 heterocycles. The van der Waals surface area contributed by atoms with Crippen LogP contribution in [0.1, 0.15) is 18.4 Å². The first-order valence-corrected chi connectivity index (χ1v) is 7.24. The molecule has 1 aromatic heterocycles. The molecule has 0 unspecified atom stereocenters. The first kappa shape index (κ1) is 15.3. The Hall–Kier alpha value is -1.74. The second-order valence-electron chi connectivity index (χ2n) is 3.96. The predicted octanol–water partition coefficient (Wildman–Crippen LogP) is -0.455. The molecule has 0 aliphatic heterocycles. The minimum absolute atomic E-state index is 0.100. The van der Waals surface area contributed by atoms with Gasteiger partial charge in [0.05, 0.1) is 11.9 Å². The van der Waals surface area contributed by atoms with E-state index in [1.165, 1.54) is 0 Å². The van der Waals surface area contributed by atoms with Crippen molar-refractivity contribution in [3.63, 3.8) is 0 Å². The lowest BCUT2D eigenvalue weighted by molar-refractivity contribution is -0.138. The first-order valence-electron chi connectivity index (χ1n) is 5.63. The average Bonchev–Trinajstić information content (AvgIpc) is 2.81. The van der Waals surface area contributed by atoms with E-state index in [1.807, 2.05) is 0 Å². The van der Waals surface area contributed by atoms with E-state index in [0.29, 0.717) is 12.8 Å². The fourth-order valence-electron chi connectivity index (χ4n) is 1.30. The topological polar surface area (TPSA) is 138 Å². The number of rotatable bonds is 8. The van der Waals surface area contributed by atoms with Gasteiger partial charge in [-0.05, 0) is 18.4 Å². The Balaban J connectivity index is 2.35. The Morgan fingerprint density at radius 3 is 2.95 bits per heavy atom. The van der Waals surface area contributed by atoms with Crippen LogP contribution >= 0.6 is 0 Å². The average molecular weight is 288 g/mol. The van der Waals surface area contributed by atoms with Crippen LogP contribution in [0.5, 0.6) is 0 Å². The van der Waals surface area contributed by atoms with Gasteiger partial charge in [-0.3, -0.25) is 9.89 Å². The van der Waals surface area contributed by atoms with Crippen LogP contribution in [0.15, 0.2) is 16.8 Å². The molecule has 1 atom stereocenters. The lowest BCUT2D eigenvalue weighted by Crippen LogP contribution is -2.30. The summed E-state index contributed by atoms with van der Waals surface area (Å²) in [5, 5.41) is 14.9. The number of sulfonamides is 1. The van der Waals surface area contributed by atoms with Gasteiger partial charge in [-0.15, -0.1) is 0 Å². The number of H-pyrrole nitrogens is 1. The number of nitrogens with one attached hydrogen (secondary N) is 1. The Morgan fingerprint density at radius 1 is 1.63 bits per heavy atom. The highest BCUT2D eigenvalue weighted by atomic mass is 32.2. The maximum absolute atomic E-state index is 11.5. The molecule has 0 bridgehead atoms. The molecular formula is C10H16N4O4S. The zero-order valence-electron chi connectivity index (χ0n) is 10.2. The number of aryl methyl sites for hydroxylation is 1. The lowest BCUT2D eigenvalue weighted by atomic mass is 10.2. The minimum Gasteiger partial charge on any atom is -0.480 e. The van der Waals surface area contributed by atoms with Crippen molar-refractivity contribution < 1.29 is 18.3 Å². The van der Waals surface area contributed by atoms with Gasteiger partial charge < -0.3 is 10.8 Å². The van der Waals surface area contributed by atoms with E-state index in [9.17, 15) is 13.2 Å². The summed E-state index contributed by atoms with van der Waals surface area (Å²) in [6, 6.07) is -1.13. The Labute approximate surface area is 110 Å². The van der Waals surface area contributed by atoms with E-state index in [1.54, 1.807) is 12.4 Å². The smallest absolute Gasteiger partial charge is 0.320 e. The van der Waals surface area contributed by atoms with Crippen molar-refractivity contribution in [3.05, 3.63) is 18.0 Å². The molecule has 0 radical (unpaired) electrons. The summed E-state index contributed by atoms with van der Waals surface area (Å²) in [7, 11) is -3.57. The minimum atomic E-state index is -3.57. The van der Waals surface area contributed by atoms with Crippen LogP contribution in [0.2, 0.25) is 0 Å². The van der Waals surface area contributed by atoms with Crippen LogP contribution in [0, 0.1) is 0 Å². The summed E-state index contributed by atoms with van der Waals surface area (Å²) in [5.74, 6) is -1.29. The van der Waals surface area contributed by atoms with E-state index in [-0.39, 0.29) is 12.2 Å². The number of aliphatic carboxylic acids is 1. The number of hydrogen-bond donors (Lipinski definition) is 3. The fourth-order valence-corrected chi connectivity index (χ4v) is 2.22. The monoisotopic (exact) mass is 288 g/mol. The van der Waals surface area contributed by atoms with Crippen molar-refractivity contribution in [2.45, 2.75) is 25.3 Å². The van der Waals surface area contributed by atoms with Crippen molar-refractivity contribution in [2.75, 3.05) is 5.75 Å². The third-order valence-electron chi connectivity index (χ3n) is 2.33. The summed E-state index contributed by atoms with van der Waals surface area (Å²) in [6.45, 7) is 0. The van der Waals surface area contributed by atoms with Gasteiger partial charge in [0.15, 0.2) is 0 Å². The fraction of sp³-hybridized carbons (Fsp3) is 0.500. The molecule has 0 amide bonds. The Morgan fingerprint density at radius 2 is 2.37 bits per heavy atom. The Bertz CT molecular complexity index is 524. The molecule has 0 aliphatic carbocycles. The number of aromatic amines is 1. The highest BCUT2D eigenvalue weighted by Crippen LogP contribution is 2.03. The standard InChI is InChI=1S/C10H16N4O4S/c11-9(10(15)16)3-4-14-19(17,18)5-1-2-8-6-12-13-7-8/h4,6-7,9H,1-3,5,11H2,(H,12,13)(H,15,16)/t9-/m0/s1. The van der Waals surface area contributed by atoms with E-state index < -0.39 is 22.0 Å². The van der Waals surface area contributed by atoms with Crippen molar-refractivity contribution in [2.24, 2.45) is 10.1 Å². The molecule has 0 aromatic carbocycles. The summed E-state index contributed by atoms with van der Waals surface area (Å²) >= 11 is 0. The molecule has 0 aliphatic rings. The van der Waals surface area contributed by atoms with Crippen LogP contribution in [0.3, 0.4) is 0 Å². The molecular weight excluding hydrogens is 272 g/mol. The third-order valence-corrected chi connectivity index (χ3v) is 3.61. The molecule has 1 aromatic rings. The van der Waals surface area contributed by atoms with Crippen molar-refractivity contribution in [3.8, 4) is 0 Å². The second kappa shape index (κ2) is 7.00. The number of hydrogen-bond acceptors (Lipinski definition) is 5. The van der Waals surface area contributed by atoms with E-state index in [2.05, 4.69) is 14.6 Å². The summed E-state index contributed by atoms with van der Waals surface area (Å²) in [4.78, 5) is 10.4. The van der Waals surface area contributed by atoms with Gasteiger partial charge in [0, 0.05) is 18.8 Å². The zero-order valence-corrected chi connectivity index (χ0v) is 11.0. The Kier molecular flexibility index (Phi) is 5.64. The van der Waals surface area contributed by atoms with Gasteiger partial charge >= 0.3 is 5.97 Å². The van der Waals surface area contributed by atoms with Gasteiger partial charge in [-0.1, -0.05) is 0 Å². The van der Waals surface area contributed by atoms with Crippen LogP contribution in [-0.2, 0) is 21.2 Å². The molecule has 106 valence electrons. The normalized spacial score (nSPS) is 13.7. The lowest BCUT2D eigenvalue weighted by Gasteiger charge is -2.01. The molecule has 0 saturated heterocycles. The van der Waals surface area contributed by atoms with Crippen molar-refractivity contribution in [1.82, 2.24) is 10.2 Å². The highest BCUT2D eigenvalue weighted by molar-refractivity contribution is 7.90. The van der Waals surface area contributed by atoms with Crippen LogP contribution in [-0.4, -0.2) is 47.7 Å². The third kappa shape index (κ3) is 6.11. The van der Waals surface area contributed by atoms with Crippen molar-refractivity contribution in [1.29, 1.82) is 0 Å². The molecule has 1 rings (SSSR count). The number of carbonyl (C=O) groups is 1. The summed E-state index contributed by atoms with van der Waals surface area (Å²) < 4.78 is 26.4. The van der Waals surface area contributed by atoms with Crippen molar-refractivity contribution >= 4 is 22.2 Å². The summed E-state index contributed by atoms with van der Waals surface area (Å²) in [6.07, 6.45) is 5.25. The molecule has 9 heteroatoms.